The molecule has 4 amide bonds. The lowest BCUT2D eigenvalue weighted by Gasteiger charge is -2.28. The number of ether oxygens (including phenoxy) is 1. The lowest BCUT2D eigenvalue weighted by Crippen LogP contribution is -2.43. The van der Waals surface area contributed by atoms with E-state index in [9.17, 15) is 27.6 Å². The van der Waals surface area contributed by atoms with Gasteiger partial charge in [-0.25, -0.2) is 19.5 Å². The van der Waals surface area contributed by atoms with Crippen molar-refractivity contribution < 1.29 is 32.3 Å². The van der Waals surface area contributed by atoms with Crippen LogP contribution in [0.2, 0.25) is 0 Å². The Bertz CT molecular complexity index is 1180. The molecule has 1 N–H and O–H groups in total. The van der Waals surface area contributed by atoms with Crippen LogP contribution in [0, 0.1) is 0 Å². The second-order valence-electron chi connectivity index (χ2n) is 9.37. The minimum absolute atomic E-state index is 0.0117. The number of thioether (sulfide) groups is 1. The van der Waals surface area contributed by atoms with Crippen LogP contribution in [0.15, 0.2) is 45.9 Å². The van der Waals surface area contributed by atoms with Crippen LogP contribution in [0.3, 0.4) is 0 Å². The topological polar surface area (TPSA) is 91.8 Å². The lowest BCUT2D eigenvalue weighted by molar-refractivity contribution is -0.123. The summed E-state index contributed by atoms with van der Waals surface area (Å²) in [5.41, 5.74) is -5.70. The number of alkyl halides is 3. The van der Waals surface area contributed by atoms with Gasteiger partial charge in [0.15, 0.2) is 0 Å². The standard InChI is InChI=1S/C23H24BrF3N4O4S/c1-21(2,3)35-19(33)29-17-16(24)13(10-11-28-17)12-30-20(34)31(18(32)22(30,4)5)14-6-8-15(9-7-14)36-23(25,26)27/h6-11H,12H2,1-5H3,(H,28,29,33). The highest BCUT2D eigenvalue weighted by Gasteiger charge is 2.52. The fourth-order valence-corrected chi connectivity index (χ4v) is 4.39. The van der Waals surface area contributed by atoms with Crippen LogP contribution in [0.1, 0.15) is 40.2 Å². The number of rotatable bonds is 5. The molecule has 13 heteroatoms. The fraction of sp³-hybridized carbons (Fsp3) is 0.391. The molecule has 1 aromatic carbocycles. The molecular formula is C23H24BrF3N4O4S. The van der Waals surface area contributed by atoms with Crippen molar-refractivity contribution in [2.45, 2.75) is 62.7 Å². The smallest absolute Gasteiger partial charge is 0.444 e. The molecule has 1 saturated heterocycles. The van der Waals surface area contributed by atoms with E-state index in [-0.39, 0.29) is 34.7 Å². The SMILES string of the molecule is CC(C)(C)OC(=O)Nc1nccc(CN2C(=O)N(c3ccc(SC(F)(F)F)cc3)C(=O)C2(C)C)c1Br. The second kappa shape index (κ2) is 9.92. The number of urea groups is 1. The number of nitrogens with one attached hydrogen (secondary N) is 1. The number of halogens is 4. The number of carbonyl (C=O) groups is 3. The molecular weight excluding hydrogens is 565 g/mol. The summed E-state index contributed by atoms with van der Waals surface area (Å²) in [5, 5.41) is 2.55. The van der Waals surface area contributed by atoms with Gasteiger partial charge in [0.05, 0.1) is 10.2 Å². The first-order valence-electron chi connectivity index (χ1n) is 10.6. The van der Waals surface area contributed by atoms with Gasteiger partial charge in [0.2, 0.25) is 0 Å². The summed E-state index contributed by atoms with van der Waals surface area (Å²) in [6.07, 6.45) is 0.732. The normalized spacial score (nSPS) is 15.9. The fourth-order valence-electron chi connectivity index (χ4n) is 3.39. The number of imide groups is 1. The summed E-state index contributed by atoms with van der Waals surface area (Å²) in [5.74, 6) is -0.354. The maximum absolute atomic E-state index is 13.3. The highest BCUT2D eigenvalue weighted by molar-refractivity contribution is 9.10. The van der Waals surface area contributed by atoms with Crippen molar-refractivity contribution in [1.29, 1.82) is 0 Å². The number of carbonyl (C=O) groups excluding carboxylic acids is 3. The van der Waals surface area contributed by atoms with E-state index in [1.54, 1.807) is 40.7 Å². The molecule has 1 aliphatic heterocycles. The van der Waals surface area contributed by atoms with E-state index in [1.165, 1.54) is 35.4 Å². The third-order valence-electron chi connectivity index (χ3n) is 5.07. The van der Waals surface area contributed by atoms with Gasteiger partial charge in [-0.1, -0.05) is 0 Å². The van der Waals surface area contributed by atoms with Crippen LogP contribution in [0.4, 0.5) is 34.3 Å². The second-order valence-corrected chi connectivity index (χ2v) is 11.3. The summed E-state index contributed by atoms with van der Waals surface area (Å²) < 4.78 is 43.5. The maximum atomic E-state index is 13.3. The van der Waals surface area contributed by atoms with Crippen molar-refractivity contribution >= 4 is 57.2 Å². The Balaban J connectivity index is 1.83. The Morgan fingerprint density at radius 1 is 1.14 bits per heavy atom. The predicted molar refractivity (Wildman–Crippen MR) is 133 cm³/mol. The predicted octanol–water partition coefficient (Wildman–Crippen LogP) is 6.55. The van der Waals surface area contributed by atoms with Gasteiger partial charge < -0.3 is 9.64 Å². The Morgan fingerprint density at radius 3 is 2.31 bits per heavy atom. The highest BCUT2D eigenvalue weighted by Crippen LogP contribution is 2.39. The zero-order valence-corrected chi connectivity index (χ0v) is 22.5. The van der Waals surface area contributed by atoms with E-state index in [0.717, 1.165) is 4.90 Å². The van der Waals surface area contributed by atoms with Gasteiger partial charge in [0.1, 0.15) is 17.0 Å². The van der Waals surface area contributed by atoms with E-state index in [0.29, 0.717) is 10.0 Å². The molecule has 0 radical (unpaired) electrons. The van der Waals surface area contributed by atoms with Crippen LogP contribution >= 0.6 is 27.7 Å². The molecule has 0 saturated carbocycles. The zero-order chi connectivity index (χ0) is 27.1. The molecule has 36 heavy (non-hydrogen) atoms. The van der Waals surface area contributed by atoms with E-state index < -0.39 is 34.7 Å². The van der Waals surface area contributed by atoms with Gasteiger partial charge in [0.25, 0.3) is 5.91 Å². The summed E-state index contributed by atoms with van der Waals surface area (Å²) in [7, 11) is 0. The largest absolute Gasteiger partial charge is 0.446 e. The summed E-state index contributed by atoms with van der Waals surface area (Å²) in [4.78, 5) is 45.0. The first-order valence-corrected chi connectivity index (χ1v) is 12.3. The number of aromatic nitrogens is 1. The average Bonchev–Trinajstić information content (AvgIpc) is 2.88. The average molecular weight is 589 g/mol. The van der Waals surface area contributed by atoms with E-state index in [2.05, 4.69) is 26.2 Å². The monoisotopic (exact) mass is 588 g/mol. The number of pyridine rings is 1. The van der Waals surface area contributed by atoms with Gasteiger partial charge in [-0.15, -0.1) is 0 Å². The quantitative estimate of drug-likeness (QED) is 0.314. The van der Waals surface area contributed by atoms with E-state index in [1.807, 2.05) is 0 Å². The summed E-state index contributed by atoms with van der Waals surface area (Å²) >= 11 is 3.11. The van der Waals surface area contributed by atoms with Crippen molar-refractivity contribution in [3.05, 3.63) is 46.6 Å². The van der Waals surface area contributed by atoms with Crippen molar-refractivity contribution in [3.8, 4) is 0 Å². The molecule has 2 aromatic rings. The Hall–Kier alpha value is -2.80. The van der Waals surface area contributed by atoms with Crippen LogP contribution in [-0.2, 0) is 16.1 Å². The molecule has 1 aliphatic rings. The van der Waals surface area contributed by atoms with Crippen LogP contribution in [0.5, 0.6) is 0 Å². The minimum atomic E-state index is -4.45. The minimum Gasteiger partial charge on any atom is -0.444 e. The number of hydrogen-bond acceptors (Lipinski definition) is 6. The Morgan fingerprint density at radius 2 is 1.75 bits per heavy atom. The maximum Gasteiger partial charge on any atom is 0.446 e. The van der Waals surface area contributed by atoms with Crippen LogP contribution < -0.4 is 10.2 Å². The van der Waals surface area contributed by atoms with E-state index >= 15 is 0 Å². The molecule has 0 aliphatic carbocycles. The third-order valence-corrected chi connectivity index (χ3v) is 6.69. The summed E-state index contributed by atoms with van der Waals surface area (Å²) in [6, 6.07) is 6.01. The number of hydrogen-bond donors (Lipinski definition) is 1. The van der Waals surface area contributed by atoms with Crippen LogP contribution in [0.25, 0.3) is 0 Å². The van der Waals surface area contributed by atoms with Gasteiger partial charge in [-0.2, -0.15) is 13.2 Å². The molecule has 8 nitrogen and oxygen atoms in total. The van der Waals surface area contributed by atoms with Crippen molar-refractivity contribution in [3.63, 3.8) is 0 Å². The van der Waals surface area contributed by atoms with Crippen LogP contribution in [-0.4, -0.2) is 44.6 Å². The summed E-state index contributed by atoms with van der Waals surface area (Å²) in [6.45, 7) is 8.31. The highest BCUT2D eigenvalue weighted by atomic mass is 79.9. The number of benzene rings is 1. The molecule has 2 heterocycles. The zero-order valence-electron chi connectivity index (χ0n) is 20.1. The van der Waals surface area contributed by atoms with Crippen molar-refractivity contribution in [2.75, 3.05) is 10.2 Å². The molecule has 1 fully saturated rings. The molecule has 0 bridgehead atoms. The van der Waals surface area contributed by atoms with Gasteiger partial charge >= 0.3 is 17.6 Å². The van der Waals surface area contributed by atoms with E-state index in [4.69, 9.17) is 4.74 Å². The number of nitrogens with zero attached hydrogens (tertiary/aromatic N) is 3. The molecule has 0 spiro atoms. The molecule has 0 atom stereocenters. The van der Waals surface area contributed by atoms with Gasteiger partial charge in [0, 0.05) is 17.6 Å². The first-order chi connectivity index (χ1) is 16.5. The molecule has 1 aromatic heterocycles. The third kappa shape index (κ3) is 6.30. The molecule has 194 valence electrons. The Labute approximate surface area is 218 Å². The van der Waals surface area contributed by atoms with Crippen molar-refractivity contribution in [2.24, 2.45) is 0 Å². The van der Waals surface area contributed by atoms with Gasteiger partial charge in [-0.05, 0) is 98.2 Å². The molecule has 0 unspecified atom stereocenters. The number of anilines is 2. The van der Waals surface area contributed by atoms with Crippen molar-refractivity contribution in [1.82, 2.24) is 9.88 Å². The number of amides is 4. The first kappa shape index (κ1) is 27.8. The molecule has 3 rings (SSSR count). The Kier molecular flexibility index (Phi) is 7.66. The van der Waals surface area contributed by atoms with Gasteiger partial charge in [-0.3, -0.25) is 10.1 Å². The lowest BCUT2D eigenvalue weighted by atomic mass is 10.0.